The first-order chi connectivity index (χ1) is 9.09. The van der Waals surface area contributed by atoms with Gasteiger partial charge in [-0.15, -0.1) is 0 Å². The SMILES string of the molecule is Fc1cccc(F)c1-c1c(Cl)nc2nccn2c1Cl. The molecule has 0 aliphatic heterocycles. The largest absolute Gasteiger partial charge is 0.273 e. The summed E-state index contributed by atoms with van der Waals surface area (Å²) in [6, 6.07) is 3.52. The van der Waals surface area contributed by atoms with E-state index in [9.17, 15) is 8.78 Å². The standard InChI is InChI=1S/C12H5Cl2F2N3/c13-10-9(8-6(15)2-1-3-7(8)16)11(14)19-5-4-17-12(19)18-10/h1-5H. The average Bonchev–Trinajstić information content (AvgIpc) is 2.81. The molecule has 96 valence electrons. The first-order valence-corrected chi connectivity index (χ1v) is 5.97. The lowest BCUT2D eigenvalue weighted by Crippen LogP contribution is -1.99. The van der Waals surface area contributed by atoms with Crippen LogP contribution >= 0.6 is 23.2 Å². The van der Waals surface area contributed by atoms with Crippen LogP contribution in [0.25, 0.3) is 16.9 Å². The van der Waals surface area contributed by atoms with E-state index >= 15 is 0 Å². The molecule has 3 nitrogen and oxygen atoms in total. The Labute approximate surface area is 116 Å². The summed E-state index contributed by atoms with van der Waals surface area (Å²) < 4.78 is 29.0. The van der Waals surface area contributed by atoms with Crippen LogP contribution in [0.15, 0.2) is 30.6 Å². The second-order valence-corrected chi connectivity index (χ2v) is 4.48. The molecule has 0 spiro atoms. The Hall–Kier alpha value is -1.72. The normalized spacial score (nSPS) is 11.2. The fraction of sp³-hybridized carbons (Fsp3) is 0. The van der Waals surface area contributed by atoms with Crippen LogP contribution in [0.1, 0.15) is 0 Å². The van der Waals surface area contributed by atoms with Crippen LogP contribution < -0.4 is 0 Å². The van der Waals surface area contributed by atoms with Crippen molar-refractivity contribution in [3.63, 3.8) is 0 Å². The second-order valence-electron chi connectivity index (χ2n) is 3.76. The van der Waals surface area contributed by atoms with Crippen molar-refractivity contribution in [2.24, 2.45) is 0 Å². The maximum atomic E-state index is 13.8. The maximum absolute atomic E-state index is 13.8. The summed E-state index contributed by atoms with van der Waals surface area (Å²) in [7, 11) is 0. The molecule has 7 heteroatoms. The summed E-state index contributed by atoms with van der Waals surface area (Å²) >= 11 is 12.1. The molecule has 1 aromatic carbocycles. The molecule has 0 aliphatic carbocycles. The number of rotatable bonds is 1. The zero-order valence-corrected chi connectivity index (χ0v) is 10.8. The van der Waals surface area contributed by atoms with Crippen molar-refractivity contribution in [1.82, 2.24) is 14.4 Å². The molecule has 3 rings (SSSR count). The van der Waals surface area contributed by atoms with E-state index in [-0.39, 0.29) is 27.2 Å². The summed E-state index contributed by atoms with van der Waals surface area (Å²) in [4.78, 5) is 7.87. The third kappa shape index (κ3) is 1.86. The monoisotopic (exact) mass is 299 g/mol. The minimum atomic E-state index is -0.759. The van der Waals surface area contributed by atoms with Crippen LogP contribution in [0.4, 0.5) is 8.78 Å². The molecule has 0 saturated carbocycles. The summed E-state index contributed by atoms with van der Waals surface area (Å²) in [5.41, 5.74) is -0.301. The number of hydrogen-bond acceptors (Lipinski definition) is 2. The lowest BCUT2D eigenvalue weighted by Gasteiger charge is -2.10. The minimum Gasteiger partial charge on any atom is -0.273 e. The number of halogens is 4. The predicted octanol–water partition coefficient (Wildman–Crippen LogP) is 3.98. The fourth-order valence-corrected chi connectivity index (χ4v) is 2.45. The predicted molar refractivity (Wildman–Crippen MR) is 68.4 cm³/mol. The highest BCUT2D eigenvalue weighted by Crippen LogP contribution is 2.36. The molecule has 0 saturated heterocycles. The number of benzene rings is 1. The molecule has 0 atom stereocenters. The Morgan fingerprint density at radius 3 is 2.42 bits per heavy atom. The third-order valence-corrected chi connectivity index (χ3v) is 3.30. The van der Waals surface area contributed by atoms with Gasteiger partial charge in [0.25, 0.3) is 0 Å². The van der Waals surface area contributed by atoms with Crippen LogP contribution in [-0.2, 0) is 0 Å². The number of hydrogen-bond donors (Lipinski definition) is 0. The fourth-order valence-electron chi connectivity index (χ4n) is 1.82. The number of imidazole rings is 1. The molecule has 0 aliphatic rings. The van der Waals surface area contributed by atoms with Crippen molar-refractivity contribution in [1.29, 1.82) is 0 Å². The van der Waals surface area contributed by atoms with Gasteiger partial charge >= 0.3 is 0 Å². The van der Waals surface area contributed by atoms with Crippen LogP contribution in [0.2, 0.25) is 10.3 Å². The Kier molecular flexibility index (Phi) is 2.88. The molecule has 0 unspecified atom stereocenters. The highest BCUT2D eigenvalue weighted by atomic mass is 35.5. The topological polar surface area (TPSA) is 30.2 Å². The van der Waals surface area contributed by atoms with Crippen molar-refractivity contribution in [2.75, 3.05) is 0 Å². The summed E-state index contributed by atoms with van der Waals surface area (Å²) in [5, 5.41) is -0.0517. The molecule has 0 fully saturated rings. The van der Waals surface area contributed by atoms with Gasteiger partial charge in [-0.3, -0.25) is 4.40 Å². The zero-order valence-electron chi connectivity index (χ0n) is 9.24. The number of aromatic nitrogens is 3. The number of nitrogens with zero attached hydrogens (tertiary/aromatic N) is 3. The molecular formula is C12H5Cl2F2N3. The van der Waals surface area contributed by atoms with Crippen LogP contribution in [0, 0.1) is 11.6 Å². The maximum Gasteiger partial charge on any atom is 0.236 e. The smallest absolute Gasteiger partial charge is 0.236 e. The summed E-state index contributed by atoms with van der Waals surface area (Å²) in [6.07, 6.45) is 3.00. The molecule has 2 aromatic heterocycles. The van der Waals surface area contributed by atoms with Crippen molar-refractivity contribution < 1.29 is 8.78 Å². The Morgan fingerprint density at radius 2 is 1.74 bits per heavy atom. The van der Waals surface area contributed by atoms with Crippen LogP contribution in [0.5, 0.6) is 0 Å². The van der Waals surface area contributed by atoms with E-state index in [2.05, 4.69) is 9.97 Å². The third-order valence-electron chi connectivity index (χ3n) is 2.66. The van der Waals surface area contributed by atoms with Gasteiger partial charge in [-0.2, -0.15) is 4.98 Å². The quantitative estimate of drug-likeness (QED) is 0.636. The Bertz CT molecular complexity index is 766. The van der Waals surface area contributed by atoms with Gasteiger partial charge in [0.15, 0.2) is 0 Å². The Balaban J connectivity index is 2.42. The molecule has 3 aromatic rings. The van der Waals surface area contributed by atoms with E-state index < -0.39 is 11.6 Å². The molecular weight excluding hydrogens is 295 g/mol. The van der Waals surface area contributed by atoms with Gasteiger partial charge in [0.2, 0.25) is 5.78 Å². The van der Waals surface area contributed by atoms with Gasteiger partial charge in [-0.05, 0) is 12.1 Å². The van der Waals surface area contributed by atoms with E-state index in [1.807, 2.05) is 0 Å². The van der Waals surface area contributed by atoms with Gasteiger partial charge in [-0.25, -0.2) is 13.8 Å². The Morgan fingerprint density at radius 1 is 1.05 bits per heavy atom. The van der Waals surface area contributed by atoms with Crippen molar-refractivity contribution in [3.8, 4) is 11.1 Å². The van der Waals surface area contributed by atoms with Gasteiger partial charge < -0.3 is 0 Å². The van der Waals surface area contributed by atoms with Crippen molar-refractivity contribution >= 4 is 29.0 Å². The first-order valence-electron chi connectivity index (χ1n) is 5.22. The van der Waals surface area contributed by atoms with Gasteiger partial charge in [0, 0.05) is 12.4 Å². The van der Waals surface area contributed by atoms with E-state index in [1.54, 1.807) is 0 Å². The van der Waals surface area contributed by atoms with E-state index in [1.165, 1.54) is 22.9 Å². The van der Waals surface area contributed by atoms with Gasteiger partial charge in [-0.1, -0.05) is 29.3 Å². The minimum absolute atomic E-state index is 0.00410. The highest BCUT2D eigenvalue weighted by Gasteiger charge is 2.21. The molecule has 2 heterocycles. The van der Waals surface area contributed by atoms with E-state index in [4.69, 9.17) is 23.2 Å². The number of fused-ring (bicyclic) bond motifs is 1. The van der Waals surface area contributed by atoms with Gasteiger partial charge in [0.05, 0.1) is 11.1 Å². The second kappa shape index (κ2) is 4.43. The van der Waals surface area contributed by atoms with E-state index in [0.717, 1.165) is 12.1 Å². The molecule has 0 N–H and O–H groups in total. The van der Waals surface area contributed by atoms with Gasteiger partial charge in [0.1, 0.15) is 21.9 Å². The molecule has 0 radical (unpaired) electrons. The zero-order chi connectivity index (χ0) is 13.6. The lowest BCUT2D eigenvalue weighted by molar-refractivity contribution is 0.589. The summed E-state index contributed by atoms with van der Waals surface area (Å²) in [6.45, 7) is 0. The van der Waals surface area contributed by atoms with Crippen LogP contribution in [-0.4, -0.2) is 14.4 Å². The van der Waals surface area contributed by atoms with E-state index in [0.29, 0.717) is 0 Å². The van der Waals surface area contributed by atoms with Crippen molar-refractivity contribution in [2.45, 2.75) is 0 Å². The first kappa shape index (κ1) is 12.3. The summed E-state index contributed by atoms with van der Waals surface area (Å²) in [5.74, 6) is -1.26. The average molecular weight is 300 g/mol. The highest BCUT2D eigenvalue weighted by molar-refractivity contribution is 6.38. The molecule has 0 amide bonds. The van der Waals surface area contributed by atoms with Crippen molar-refractivity contribution in [3.05, 3.63) is 52.5 Å². The van der Waals surface area contributed by atoms with Crippen LogP contribution in [0.3, 0.4) is 0 Å². The molecule has 19 heavy (non-hydrogen) atoms. The lowest BCUT2D eigenvalue weighted by atomic mass is 10.1. The molecule has 0 bridgehead atoms.